The third-order valence-corrected chi connectivity index (χ3v) is 4.44. The van der Waals surface area contributed by atoms with Crippen LogP contribution < -0.4 is 15.7 Å². The van der Waals surface area contributed by atoms with Crippen LogP contribution in [0.1, 0.15) is 18.5 Å². The van der Waals surface area contributed by atoms with E-state index in [2.05, 4.69) is 21.2 Å². The lowest BCUT2D eigenvalue weighted by atomic mass is 10.1. The van der Waals surface area contributed by atoms with Gasteiger partial charge in [-0.1, -0.05) is 34.1 Å². The van der Waals surface area contributed by atoms with Gasteiger partial charge >= 0.3 is 5.63 Å². The summed E-state index contributed by atoms with van der Waals surface area (Å²) in [6.07, 6.45) is 0. The van der Waals surface area contributed by atoms with Crippen LogP contribution in [-0.4, -0.2) is 12.5 Å². The van der Waals surface area contributed by atoms with Crippen LogP contribution in [0.3, 0.4) is 0 Å². The quantitative estimate of drug-likeness (QED) is 0.659. The molecule has 0 saturated carbocycles. The first-order chi connectivity index (χ1) is 12.0. The molecule has 0 fully saturated rings. The Bertz CT molecular complexity index is 967. The number of hydrogen-bond donors (Lipinski definition) is 1. The van der Waals surface area contributed by atoms with Crippen molar-refractivity contribution in [2.45, 2.75) is 13.0 Å². The van der Waals surface area contributed by atoms with Gasteiger partial charge in [0.15, 0.2) is 6.61 Å². The fourth-order valence-electron chi connectivity index (χ4n) is 2.47. The molecule has 5 nitrogen and oxygen atoms in total. The van der Waals surface area contributed by atoms with Gasteiger partial charge in [0.1, 0.15) is 11.3 Å². The molecule has 2 aromatic carbocycles. The fourth-order valence-corrected chi connectivity index (χ4v) is 3.09. The highest BCUT2D eigenvalue weighted by Gasteiger charge is 2.12. The van der Waals surface area contributed by atoms with Crippen LogP contribution in [0.2, 0.25) is 0 Å². The van der Waals surface area contributed by atoms with Crippen molar-refractivity contribution in [3.8, 4) is 5.75 Å². The van der Waals surface area contributed by atoms with Gasteiger partial charge in [0, 0.05) is 22.0 Å². The molecule has 0 radical (unpaired) electrons. The average molecular weight is 402 g/mol. The van der Waals surface area contributed by atoms with Gasteiger partial charge in [-0.2, -0.15) is 0 Å². The fraction of sp³-hybridized carbons (Fsp3) is 0.158. The molecule has 0 aliphatic rings. The topological polar surface area (TPSA) is 68.5 Å². The first-order valence-corrected chi connectivity index (χ1v) is 8.53. The lowest BCUT2D eigenvalue weighted by Gasteiger charge is -2.16. The Kier molecular flexibility index (Phi) is 5.19. The number of fused-ring (bicyclic) bond motifs is 1. The van der Waals surface area contributed by atoms with Gasteiger partial charge in [-0.3, -0.25) is 4.79 Å². The predicted octanol–water partition coefficient (Wildman–Crippen LogP) is 3.81. The molecule has 1 heterocycles. The highest BCUT2D eigenvalue weighted by atomic mass is 79.9. The van der Waals surface area contributed by atoms with Crippen molar-refractivity contribution in [3.05, 3.63) is 75.1 Å². The van der Waals surface area contributed by atoms with Crippen LogP contribution in [0.4, 0.5) is 0 Å². The second-order valence-electron chi connectivity index (χ2n) is 5.55. The molecule has 1 amide bonds. The molecule has 128 valence electrons. The summed E-state index contributed by atoms with van der Waals surface area (Å²) in [4.78, 5) is 23.4. The summed E-state index contributed by atoms with van der Waals surface area (Å²) in [5.74, 6) is 0.225. The Morgan fingerprint density at radius 2 is 1.96 bits per heavy atom. The van der Waals surface area contributed by atoms with E-state index in [9.17, 15) is 9.59 Å². The number of benzene rings is 2. The molecule has 3 rings (SSSR count). The van der Waals surface area contributed by atoms with Crippen LogP contribution in [0, 0.1) is 0 Å². The number of hydrogen-bond acceptors (Lipinski definition) is 4. The van der Waals surface area contributed by atoms with Crippen LogP contribution in [0.25, 0.3) is 11.0 Å². The number of rotatable bonds is 5. The minimum absolute atomic E-state index is 0.128. The Hall–Kier alpha value is -2.60. The van der Waals surface area contributed by atoms with Crippen molar-refractivity contribution in [2.75, 3.05) is 6.61 Å². The van der Waals surface area contributed by atoms with Crippen molar-refractivity contribution in [1.29, 1.82) is 0 Å². The standard InChI is InChI=1S/C19H16BrNO4/c1-12(15-4-2-3-5-16(15)20)21-18(22)11-24-14-8-6-13-7-9-19(23)25-17(13)10-14/h2-10,12H,11H2,1H3,(H,21,22). The van der Waals surface area contributed by atoms with Crippen LogP contribution >= 0.6 is 15.9 Å². The zero-order valence-electron chi connectivity index (χ0n) is 13.5. The van der Waals surface area contributed by atoms with E-state index in [4.69, 9.17) is 9.15 Å². The van der Waals surface area contributed by atoms with E-state index >= 15 is 0 Å². The smallest absolute Gasteiger partial charge is 0.336 e. The largest absolute Gasteiger partial charge is 0.484 e. The van der Waals surface area contributed by atoms with E-state index in [0.29, 0.717) is 11.3 Å². The molecule has 1 aromatic heterocycles. The molecule has 0 saturated heterocycles. The summed E-state index contributed by atoms with van der Waals surface area (Å²) in [5, 5.41) is 3.68. The second kappa shape index (κ2) is 7.53. The molecular formula is C19H16BrNO4. The molecule has 3 aromatic rings. The molecule has 1 atom stereocenters. The average Bonchev–Trinajstić information content (AvgIpc) is 2.59. The summed E-state index contributed by atoms with van der Waals surface area (Å²) >= 11 is 3.47. The summed E-state index contributed by atoms with van der Waals surface area (Å²) < 4.78 is 11.5. The highest BCUT2D eigenvalue weighted by Crippen LogP contribution is 2.23. The number of ether oxygens (including phenoxy) is 1. The van der Waals surface area contributed by atoms with Crippen molar-refractivity contribution in [3.63, 3.8) is 0 Å². The highest BCUT2D eigenvalue weighted by molar-refractivity contribution is 9.10. The minimum Gasteiger partial charge on any atom is -0.484 e. The van der Waals surface area contributed by atoms with Gasteiger partial charge in [-0.25, -0.2) is 4.79 Å². The lowest BCUT2D eigenvalue weighted by Crippen LogP contribution is -2.31. The Morgan fingerprint density at radius 1 is 1.20 bits per heavy atom. The molecule has 0 spiro atoms. The van der Waals surface area contributed by atoms with Gasteiger partial charge < -0.3 is 14.5 Å². The Labute approximate surface area is 152 Å². The number of halogens is 1. The van der Waals surface area contributed by atoms with E-state index in [0.717, 1.165) is 15.4 Å². The van der Waals surface area contributed by atoms with E-state index in [-0.39, 0.29) is 18.6 Å². The predicted molar refractivity (Wildman–Crippen MR) is 98.7 cm³/mol. The van der Waals surface area contributed by atoms with Gasteiger partial charge in [0.25, 0.3) is 5.91 Å². The van der Waals surface area contributed by atoms with E-state index in [1.807, 2.05) is 31.2 Å². The maximum atomic E-state index is 12.1. The molecule has 1 unspecified atom stereocenters. The SMILES string of the molecule is CC(NC(=O)COc1ccc2ccc(=O)oc2c1)c1ccccc1Br. The molecule has 6 heteroatoms. The number of nitrogens with one attached hydrogen (secondary N) is 1. The summed E-state index contributed by atoms with van der Waals surface area (Å²) in [7, 11) is 0. The summed E-state index contributed by atoms with van der Waals surface area (Å²) in [6.45, 7) is 1.78. The monoisotopic (exact) mass is 401 g/mol. The number of carbonyl (C=O) groups excluding carboxylic acids is 1. The van der Waals surface area contributed by atoms with Crippen molar-refractivity contribution in [2.24, 2.45) is 0 Å². The summed E-state index contributed by atoms with van der Waals surface area (Å²) in [5.41, 5.74) is 0.986. The Morgan fingerprint density at radius 3 is 2.76 bits per heavy atom. The molecular weight excluding hydrogens is 386 g/mol. The third kappa shape index (κ3) is 4.28. The van der Waals surface area contributed by atoms with E-state index in [1.54, 1.807) is 24.3 Å². The maximum absolute atomic E-state index is 12.1. The van der Waals surface area contributed by atoms with Gasteiger partial charge in [-0.05, 0) is 36.8 Å². The van der Waals surface area contributed by atoms with E-state index < -0.39 is 5.63 Å². The third-order valence-electron chi connectivity index (χ3n) is 3.71. The van der Waals surface area contributed by atoms with Crippen molar-refractivity contribution >= 4 is 32.8 Å². The van der Waals surface area contributed by atoms with E-state index in [1.165, 1.54) is 6.07 Å². The van der Waals surface area contributed by atoms with Crippen LogP contribution in [-0.2, 0) is 4.79 Å². The Balaban J connectivity index is 1.62. The molecule has 0 aliphatic heterocycles. The van der Waals surface area contributed by atoms with Crippen LogP contribution in [0.15, 0.2) is 68.3 Å². The molecule has 25 heavy (non-hydrogen) atoms. The molecule has 0 bridgehead atoms. The minimum atomic E-state index is -0.426. The second-order valence-corrected chi connectivity index (χ2v) is 6.41. The first kappa shape index (κ1) is 17.2. The molecule has 1 N–H and O–H groups in total. The van der Waals surface area contributed by atoms with Gasteiger partial charge in [0.2, 0.25) is 0 Å². The number of amides is 1. The maximum Gasteiger partial charge on any atom is 0.336 e. The van der Waals surface area contributed by atoms with Crippen molar-refractivity contribution < 1.29 is 13.9 Å². The first-order valence-electron chi connectivity index (χ1n) is 7.73. The lowest BCUT2D eigenvalue weighted by molar-refractivity contribution is -0.123. The zero-order valence-corrected chi connectivity index (χ0v) is 15.1. The zero-order chi connectivity index (χ0) is 17.8. The van der Waals surface area contributed by atoms with Gasteiger partial charge in [-0.15, -0.1) is 0 Å². The summed E-state index contributed by atoms with van der Waals surface area (Å²) in [6, 6.07) is 15.7. The number of carbonyl (C=O) groups is 1. The van der Waals surface area contributed by atoms with Crippen molar-refractivity contribution in [1.82, 2.24) is 5.32 Å². The van der Waals surface area contributed by atoms with Gasteiger partial charge in [0.05, 0.1) is 6.04 Å². The van der Waals surface area contributed by atoms with Crippen LogP contribution in [0.5, 0.6) is 5.75 Å². The molecule has 0 aliphatic carbocycles. The normalized spacial score (nSPS) is 11.9.